The number of nitrogens with zero attached hydrogens (tertiary/aromatic N) is 1. The molecule has 8 N–H and O–H groups in total. The lowest BCUT2D eigenvalue weighted by molar-refractivity contribution is -0.140. The number of amides is 5. The summed E-state index contributed by atoms with van der Waals surface area (Å²) in [5, 5.41) is 21.8. The van der Waals surface area contributed by atoms with Gasteiger partial charge in [-0.25, -0.2) is 0 Å². The van der Waals surface area contributed by atoms with Crippen LogP contribution >= 0.6 is 0 Å². The molecule has 0 spiro atoms. The number of benzene rings is 2. The highest BCUT2D eigenvalue weighted by atomic mass is 16.4. The standard InChI is InChI=1S/C27H36N6O6.C2H4O2/c1-4-23(35)31-32-27(39)22(15-18-8-6-5-7-9-18)33(3)24(36)16-29-25(37)17(2)30-26(38)21(28)14-19-10-12-20(34)13-11-19;1-2(3)4/h5-13,17,21-22,34H,4,14-16,28H2,1-3H3,(H,29,37)(H,30,38)(H,31,35)(H,32,39);1H3,(H,3,4)/t17-,21-,22-;/m0./s1. The number of carbonyl (C=O) groups is 6. The predicted octanol–water partition coefficient (Wildman–Crippen LogP) is -0.399. The smallest absolute Gasteiger partial charge is 0.300 e. The summed E-state index contributed by atoms with van der Waals surface area (Å²) in [6.45, 7) is 3.75. The van der Waals surface area contributed by atoms with Crippen LogP contribution in [0.4, 0.5) is 0 Å². The first-order valence-corrected chi connectivity index (χ1v) is 13.4. The summed E-state index contributed by atoms with van der Waals surface area (Å²) in [6.07, 6.45) is 0.546. The maximum absolute atomic E-state index is 12.9. The average Bonchev–Trinajstić information content (AvgIpc) is 2.97. The molecule has 14 heteroatoms. The van der Waals surface area contributed by atoms with Crippen LogP contribution in [0.3, 0.4) is 0 Å². The lowest BCUT2D eigenvalue weighted by Gasteiger charge is -2.28. The van der Waals surface area contributed by atoms with Gasteiger partial charge in [0.25, 0.3) is 11.9 Å². The van der Waals surface area contributed by atoms with Crippen molar-refractivity contribution >= 4 is 35.5 Å². The van der Waals surface area contributed by atoms with Crippen LogP contribution in [0.5, 0.6) is 5.75 Å². The van der Waals surface area contributed by atoms with Crippen LogP contribution in [0.1, 0.15) is 38.3 Å². The fraction of sp³-hybridized carbons (Fsp3) is 0.379. The van der Waals surface area contributed by atoms with E-state index in [1.165, 1.54) is 31.0 Å². The third kappa shape index (κ3) is 14.0. The molecule has 0 aliphatic rings. The molecular weight excluding hydrogens is 560 g/mol. The Kier molecular flexibility index (Phi) is 15.5. The summed E-state index contributed by atoms with van der Waals surface area (Å²) < 4.78 is 0. The molecule has 0 aromatic heterocycles. The van der Waals surface area contributed by atoms with Crippen LogP contribution in [0, 0.1) is 0 Å². The quantitative estimate of drug-likeness (QED) is 0.157. The fourth-order valence-electron chi connectivity index (χ4n) is 3.52. The van der Waals surface area contributed by atoms with Gasteiger partial charge in [-0.05, 0) is 36.6 Å². The minimum Gasteiger partial charge on any atom is -0.508 e. The number of carboxylic acids is 1. The van der Waals surface area contributed by atoms with E-state index in [-0.39, 0.29) is 30.9 Å². The average molecular weight is 601 g/mol. The molecule has 2 rings (SSSR count). The van der Waals surface area contributed by atoms with Crippen LogP contribution in [0.15, 0.2) is 54.6 Å². The van der Waals surface area contributed by atoms with Crippen LogP contribution in [-0.4, -0.2) is 82.3 Å². The topological polar surface area (TPSA) is 220 Å². The molecular formula is C29H40N6O8. The highest BCUT2D eigenvalue weighted by molar-refractivity contribution is 5.93. The zero-order valence-corrected chi connectivity index (χ0v) is 24.6. The molecule has 0 fully saturated rings. The summed E-state index contributed by atoms with van der Waals surface area (Å²) in [4.78, 5) is 72.4. The molecule has 0 aliphatic carbocycles. The number of rotatable bonds is 12. The minimum atomic E-state index is -0.978. The van der Waals surface area contributed by atoms with E-state index in [2.05, 4.69) is 21.5 Å². The molecule has 5 amide bonds. The van der Waals surface area contributed by atoms with E-state index in [4.69, 9.17) is 15.6 Å². The van der Waals surface area contributed by atoms with Gasteiger partial charge in [0.05, 0.1) is 12.6 Å². The Hall–Kier alpha value is -4.98. The minimum absolute atomic E-state index is 0.0949. The van der Waals surface area contributed by atoms with E-state index >= 15 is 0 Å². The number of hydrogen-bond donors (Lipinski definition) is 7. The molecule has 0 bridgehead atoms. The number of hydrazine groups is 1. The molecule has 3 atom stereocenters. The molecule has 0 saturated carbocycles. The number of phenolic OH excluding ortho intramolecular Hbond substituents is 1. The van der Waals surface area contributed by atoms with Crippen molar-refractivity contribution in [2.24, 2.45) is 5.73 Å². The van der Waals surface area contributed by atoms with Gasteiger partial charge in [-0.2, -0.15) is 0 Å². The Morgan fingerprint density at radius 3 is 1.98 bits per heavy atom. The molecule has 234 valence electrons. The van der Waals surface area contributed by atoms with Gasteiger partial charge in [0, 0.05) is 26.8 Å². The van der Waals surface area contributed by atoms with Crippen LogP contribution < -0.4 is 27.2 Å². The van der Waals surface area contributed by atoms with Crippen molar-refractivity contribution in [2.45, 2.75) is 58.2 Å². The Morgan fingerprint density at radius 1 is 0.860 bits per heavy atom. The van der Waals surface area contributed by atoms with E-state index in [0.29, 0.717) is 0 Å². The molecule has 43 heavy (non-hydrogen) atoms. The van der Waals surface area contributed by atoms with Gasteiger partial charge in [-0.1, -0.05) is 49.4 Å². The molecule has 0 unspecified atom stereocenters. The maximum atomic E-state index is 12.9. The number of aromatic hydroxyl groups is 1. The van der Waals surface area contributed by atoms with Crippen molar-refractivity contribution in [3.05, 3.63) is 65.7 Å². The SMILES string of the molecule is CC(=O)O.CCC(=O)NNC(=O)[C@H](Cc1ccccc1)N(C)C(=O)CNC(=O)[C@H](C)NC(=O)[C@@H](N)Cc1ccc(O)cc1. The van der Waals surface area contributed by atoms with Gasteiger partial charge >= 0.3 is 0 Å². The van der Waals surface area contributed by atoms with E-state index in [0.717, 1.165) is 18.1 Å². The number of carbonyl (C=O) groups excluding carboxylic acids is 5. The van der Waals surface area contributed by atoms with Crippen molar-refractivity contribution in [2.75, 3.05) is 13.6 Å². The Morgan fingerprint density at radius 2 is 1.42 bits per heavy atom. The number of carboxylic acid groups (broad SMARTS) is 1. The normalized spacial score (nSPS) is 12.2. The second-order valence-corrected chi connectivity index (χ2v) is 9.55. The Bertz CT molecular complexity index is 1240. The molecule has 14 nitrogen and oxygen atoms in total. The molecule has 0 saturated heterocycles. The maximum Gasteiger partial charge on any atom is 0.300 e. The highest BCUT2D eigenvalue weighted by Crippen LogP contribution is 2.11. The summed E-state index contributed by atoms with van der Waals surface area (Å²) >= 11 is 0. The van der Waals surface area contributed by atoms with E-state index in [1.807, 2.05) is 18.2 Å². The largest absolute Gasteiger partial charge is 0.508 e. The van der Waals surface area contributed by atoms with Crippen molar-refractivity contribution in [1.82, 2.24) is 26.4 Å². The zero-order valence-electron chi connectivity index (χ0n) is 24.6. The number of aliphatic carboxylic acids is 1. The van der Waals surface area contributed by atoms with Crippen molar-refractivity contribution in [3.63, 3.8) is 0 Å². The van der Waals surface area contributed by atoms with Gasteiger partial charge in [0.2, 0.25) is 23.6 Å². The second kappa shape index (κ2) is 18.5. The third-order valence-corrected chi connectivity index (χ3v) is 5.98. The number of nitrogens with one attached hydrogen (secondary N) is 4. The first-order valence-electron chi connectivity index (χ1n) is 13.4. The third-order valence-electron chi connectivity index (χ3n) is 5.98. The number of phenols is 1. The first-order chi connectivity index (χ1) is 20.2. The van der Waals surface area contributed by atoms with Gasteiger partial charge in [-0.3, -0.25) is 39.6 Å². The Labute approximate surface area is 250 Å². The van der Waals surface area contributed by atoms with Crippen LogP contribution in [-0.2, 0) is 41.6 Å². The molecule has 2 aromatic carbocycles. The number of hydrogen-bond acceptors (Lipinski definition) is 8. The van der Waals surface area contributed by atoms with E-state index in [9.17, 15) is 29.1 Å². The summed E-state index contributed by atoms with van der Waals surface area (Å²) in [5.41, 5.74) is 12.1. The molecule has 0 radical (unpaired) electrons. The van der Waals surface area contributed by atoms with Crippen molar-refractivity contribution < 1.29 is 39.0 Å². The monoisotopic (exact) mass is 600 g/mol. The van der Waals surface area contributed by atoms with E-state index < -0.39 is 54.3 Å². The van der Waals surface area contributed by atoms with Gasteiger partial charge in [0.15, 0.2) is 0 Å². The van der Waals surface area contributed by atoms with Crippen molar-refractivity contribution in [3.8, 4) is 5.75 Å². The van der Waals surface area contributed by atoms with Gasteiger partial charge < -0.3 is 31.5 Å². The highest BCUT2D eigenvalue weighted by Gasteiger charge is 2.28. The number of likely N-dealkylation sites (N-methyl/N-ethyl adjacent to an activating group) is 1. The molecule has 0 heterocycles. The van der Waals surface area contributed by atoms with Gasteiger partial charge in [-0.15, -0.1) is 0 Å². The molecule has 0 aliphatic heterocycles. The van der Waals surface area contributed by atoms with Crippen LogP contribution in [0.2, 0.25) is 0 Å². The van der Waals surface area contributed by atoms with Crippen LogP contribution in [0.25, 0.3) is 0 Å². The lowest BCUT2D eigenvalue weighted by atomic mass is 10.0. The number of nitrogens with two attached hydrogens (primary N) is 1. The van der Waals surface area contributed by atoms with Crippen molar-refractivity contribution in [1.29, 1.82) is 0 Å². The lowest BCUT2D eigenvalue weighted by Crippen LogP contribution is -2.56. The van der Waals surface area contributed by atoms with E-state index in [1.54, 1.807) is 31.2 Å². The first kappa shape index (κ1) is 36.0. The summed E-state index contributed by atoms with van der Waals surface area (Å²) in [7, 11) is 1.43. The predicted molar refractivity (Wildman–Crippen MR) is 157 cm³/mol. The summed E-state index contributed by atoms with van der Waals surface area (Å²) in [6, 6.07) is 12.4. The second-order valence-electron chi connectivity index (χ2n) is 9.55. The summed E-state index contributed by atoms with van der Waals surface area (Å²) in [5.74, 6) is -3.43. The fourth-order valence-corrected chi connectivity index (χ4v) is 3.52. The zero-order chi connectivity index (χ0) is 32.5. The Balaban J connectivity index is 0.00000217. The van der Waals surface area contributed by atoms with Gasteiger partial charge in [0.1, 0.15) is 17.8 Å². The molecule has 2 aromatic rings.